The third-order valence-corrected chi connectivity index (χ3v) is 22.2. The van der Waals surface area contributed by atoms with Gasteiger partial charge in [0, 0.05) is 64.5 Å². The van der Waals surface area contributed by atoms with E-state index in [2.05, 4.69) is 87.1 Å². The fourth-order valence-corrected chi connectivity index (χ4v) is 14.8. The van der Waals surface area contributed by atoms with Crippen LogP contribution in [-0.4, -0.2) is 137 Å². The van der Waals surface area contributed by atoms with Crippen LogP contribution in [-0.2, 0) is 84.5 Å². The maximum Gasteiger partial charge on any atom is 0.306 e. The van der Waals surface area contributed by atoms with Crippen molar-refractivity contribution in [3.05, 3.63) is 24.3 Å². The quantitative estimate of drug-likeness (QED) is 0.0144. The third kappa shape index (κ3) is 78.3. The predicted octanol–water partition coefficient (Wildman–Crippen LogP) is 20.0. The van der Waals surface area contributed by atoms with Crippen molar-refractivity contribution < 1.29 is 94.3 Å². The number of amides is 4. The number of carbonyl (C=O) groups is 8. The summed E-state index contributed by atoms with van der Waals surface area (Å²) in [6, 6.07) is -1.97. The summed E-state index contributed by atoms with van der Waals surface area (Å²) in [5.41, 5.74) is 0. The number of carbonyl (C=O) groups excluding carboxylic acids is 8. The van der Waals surface area contributed by atoms with Crippen molar-refractivity contribution in [3.63, 3.8) is 0 Å². The number of rotatable bonds is 89. The molecule has 0 spiro atoms. The van der Waals surface area contributed by atoms with E-state index in [9.17, 15) is 57.3 Å². The number of hydrogen-bond donors (Lipinski definition) is 4. The molecule has 0 aliphatic rings. The summed E-state index contributed by atoms with van der Waals surface area (Å²) < 4.78 is 70.5. The highest BCUT2D eigenvalue weighted by molar-refractivity contribution is 7.46. The fourth-order valence-electron chi connectivity index (χ4n) is 13.3. The van der Waals surface area contributed by atoms with Gasteiger partial charge in [-0.25, -0.2) is 0 Å². The molecule has 26 heteroatoms. The van der Waals surface area contributed by atoms with Gasteiger partial charge >= 0.3 is 11.9 Å². The Labute approximate surface area is 703 Å². The average Bonchev–Trinajstić information content (AvgIpc) is 0.904. The summed E-state index contributed by atoms with van der Waals surface area (Å²) >= 11 is 0. The van der Waals surface area contributed by atoms with E-state index in [4.69, 9.17) is 37.0 Å². The van der Waals surface area contributed by atoms with Crippen LogP contribution in [0, 0.1) is 0 Å². The Bertz CT molecular complexity index is 2410. The van der Waals surface area contributed by atoms with Gasteiger partial charge in [-0.3, -0.25) is 47.5 Å². The zero-order valence-corrected chi connectivity index (χ0v) is 75.6. The van der Waals surface area contributed by atoms with Gasteiger partial charge in [0.15, 0.2) is 0 Å². The van der Waals surface area contributed by atoms with Crippen LogP contribution in [0.4, 0.5) is 0 Å². The molecule has 24 nitrogen and oxygen atoms in total. The number of esters is 2. The lowest BCUT2D eigenvalue weighted by Crippen LogP contribution is -2.42. The second-order valence-corrected chi connectivity index (χ2v) is 34.5. The van der Waals surface area contributed by atoms with Crippen LogP contribution in [0.5, 0.6) is 0 Å². The first kappa shape index (κ1) is 112. The molecule has 0 aromatic heterocycles. The Morgan fingerprint density at radius 1 is 0.302 bits per heavy atom. The number of nitrogens with one attached hydrogen (secondary N) is 4. The molecule has 6 unspecified atom stereocenters. The average molecular weight is 1690 g/mol. The second kappa shape index (κ2) is 81.8. The first-order valence-corrected chi connectivity index (χ1v) is 49.3. The van der Waals surface area contributed by atoms with Crippen molar-refractivity contribution in [3.8, 4) is 0 Å². The van der Waals surface area contributed by atoms with Gasteiger partial charge in [-0.05, 0) is 103 Å². The zero-order valence-electron chi connectivity index (χ0n) is 73.8. The van der Waals surface area contributed by atoms with Gasteiger partial charge in [-0.2, -0.15) is 0 Å². The zero-order chi connectivity index (χ0) is 85.3. The normalized spacial score (nSPS) is 13.8. The minimum Gasteiger partial charge on any atom is -0.756 e. The first-order valence-electron chi connectivity index (χ1n) is 46.4. The minimum atomic E-state index is -4.96. The molecule has 0 bridgehead atoms. The molecule has 0 aliphatic carbocycles. The predicted molar refractivity (Wildman–Crippen MR) is 460 cm³/mol. The standard InChI is InChI=1S/C90H168N4O20P2/c1-7-13-19-25-29-33-37-43-49-57-81(95)73-87(99)93-79(75-107-69-65-83(59-51-41-23-17-11-5)113-89(101)63-55-45-39-35-31-27-21-15-9-3)77-111-115(103,104)109-71-67-91-85(97)61-53-47-48-54-62-86(98)92-68-72-110-116(105,106)112-78-80(94-88(100)74-82(96)58-50-44-38-34-30-26-20-14-8-2)76-108-70-66-84(60-52-42-24-18-12-6)114-90(102)64-56-46-40-36-32-28-22-16-10-4/h35-36,39-40,79-80,83-84H,7-34,37-38,41-78H2,1-6H3,(H,91,97)(H,92,98)(H,93,99)(H,94,100)(H,103,104)(H,105,106)/p-2/b39-35-,40-36-. The summed E-state index contributed by atoms with van der Waals surface area (Å²) in [4.78, 5) is 130. The van der Waals surface area contributed by atoms with E-state index in [1.165, 1.54) is 116 Å². The van der Waals surface area contributed by atoms with E-state index in [1.807, 2.05) is 0 Å². The van der Waals surface area contributed by atoms with E-state index in [-0.39, 0.29) is 126 Å². The van der Waals surface area contributed by atoms with E-state index in [0.717, 1.165) is 128 Å². The summed E-state index contributed by atoms with van der Waals surface area (Å²) in [7, 11) is -9.93. The van der Waals surface area contributed by atoms with Crippen molar-refractivity contribution in [2.45, 2.75) is 438 Å². The highest BCUT2D eigenvalue weighted by atomic mass is 31.2. The van der Waals surface area contributed by atoms with Gasteiger partial charge in [0.05, 0.1) is 77.8 Å². The van der Waals surface area contributed by atoms with Crippen molar-refractivity contribution >= 4 is 62.8 Å². The number of phosphoric ester groups is 2. The van der Waals surface area contributed by atoms with Gasteiger partial charge in [0.1, 0.15) is 23.8 Å². The SMILES string of the molecule is CCCCCC/C=C\CCCC(=O)OC(CCCCCCC)CCOCC(COP(=O)([O-])OCCNC(=O)CCCCCCC(=O)NCCOP(=O)([O-])OCC(COCCC(CCCCCCC)OC(=O)CCC/C=C\CCCCCC)NC(=O)CC(=O)CCCCCCCCCCC)NC(=O)CC(=O)CCCCCCCCCCC. The molecule has 0 saturated carbocycles. The Morgan fingerprint density at radius 3 is 0.914 bits per heavy atom. The number of ether oxygens (including phenoxy) is 4. The van der Waals surface area contributed by atoms with Gasteiger partial charge in [-0.15, -0.1) is 0 Å². The molecule has 0 aliphatic heterocycles. The topological polar surface area (TPSA) is 339 Å². The van der Waals surface area contributed by atoms with Crippen molar-refractivity contribution in [1.82, 2.24) is 21.3 Å². The molecule has 0 radical (unpaired) electrons. The van der Waals surface area contributed by atoms with Crippen molar-refractivity contribution in [2.24, 2.45) is 0 Å². The molecule has 0 saturated heterocycles. The number of hydrogen-bond acceptors (Lipinski definition) is 20. The molecular weight excluding hydrogens is 1520 g/mol. The summed E-state index contributed by atoms with van der Waals surface area (Å²) in [5.74, 6) is -2.83. The second-order valence-electron chi connectivity index (χ2n) is 31.7. The maximum absolute atomic E-state index is 13.2. The summed E-state index contributed by atoms with van der Waals surface area (Å²) in [6.07, 6.45) is 57.5. The Hall–Kier alpha value is -4.22. The lowest BCUT2D eigenvalue weighted by molar-refractivity contribution is -0.227. The highest BCUT2D eigenvalue weighted by Gasteiger charge is 2.24. The lowest BCUT2D eigenvalue weighted by atomic mass is 10.0. The van der Waals surface area contributed by atoms with Crippen LogP contribution in [0.15, 0.2) is 24.3 Å². The van der Waals surface area contributed by atoms with Crippen LogP contribution in [0.25, 0.3) is 0 Å². The Balaban J connectivity index is 5.36. The molecule has 4 N–H and O–H groups in total. The Kier molecular flexibility index (Phi) is 78.8. The molecule has 0 aromatic carbocycles. The molecule has 678 valence electrons. The summed E-state index contributed by atoms with van der Waals surface area (Å²) in [6.45, 7) is 10.8. The molecular formula is C90H166N4O20P2-2. The number of phosphoric acid groups is 2. The van der Waals surface area contributed by atoms with Gasteiger partial charge in [0.2, 0.25) is 23.6 Å². The van der Waals surface area contributed by atoms with Crippen LogP contribution in [0.2, 0.25) is 0 Å². The van der Waals surface area contributed by atoms with Crippen LogP contribution < -0.4 is 31.1 Å². The smallest absolute Gasteiger partial charge is 0.306 e. The molecule has 0 aromatic rings. The van der Waals surface area contributed by atoms with Gasteiger partial charge in [-0.1, -0.05) is 271 Å². The van der Waals surface area contributed by atoms with Crippen LogP contribution in [0.1, 0.15) is 414 Å². The highest BCUT2D eigenvalue weighted by Crippen LogP contribution is 2.39. The minimum absolute atomic E-state index is 0.129. The largest absolute Gasteiger partial charge is 0.756 e. The fraction of sp³-hybridized carbons (Fsp3) is 0.867. The first-order chi connectivity index (χ1) is 56.2. The van der Waals surface area contributed by atoms with Gasteiger partial charge in [0.25, 0.3) is 15.6 Å². The lowest BCUT2D eigenvalue weighted by Gasteiger charge is -2.26. The van der Waals surface area contributed by atoms with Crippen LogP contribution in [0.3, 0.4) is 0 Å². The number of Topliss-reactive ketones (excluding diaryl/α,β-unsaturated/α-hetero) is 2. The number of unbranched alkanes of at least 4 members (excludes halogenated alkanes) is 37. The van der Waals surface area contributed by atoms with E-state index in [1.54, 1.807) is 0 Å². The molecule has 6 atom stereocenters. The molecule has 116 heavy (non-hydrogen) atoms. The van der Waals surface area contributed by atoms with Crippen LogP contribution >= 0.6 is 15.6 Å². The number of ketones is 2. The molecule has 0 heterocycles. The molecule has 0 fully saturated rings. The third-order valence-electron chi connectivity index (χ3n) is 20.3. The monoisotopic (exact) mass is 1690 g/mol. The number of allylic oxidation sites excluding steroid dienone is 4. The van der Waals surface area contributed by atoms with E-state index < -0.39 is 66.0 Å². The molecule has 4 amide bonds. The van der Waals surface area contributed by atoms with Gasteiger partial charge < -0.3 is 68.1 Å². The van der Waals surface area contributed by atoms with E-state index >= 15 is 0 Å². The maximum atomic E-state index is 13.2. The summed E-state index contributed by atoms with van der Waals surface area (Å²) in [5, 5.41) is 10.7. The van der Waals surface area contributed by atoms with Crippen molar-refractivity contribution in [1.29, 1.82) is 0 Å². The van der Waals surface area contributed by atoms with Crippen molar-refractivity contribution in [2.75, 3.05) is 65.9 Å². The van der Waals surface area contributed by atoms with E-state index in [0.29, 0.717) is 89.9 Å². The Morgan fingerprint density at radius 2 is 0.586 bits per heavy atom. The molecule has 0 rings (SSSR count).